The van der Waals surface area contributed by atoms with Crippen molar-refractivity contribution in [3.8, 4) is 0 Å². The number of guanidine groups is 1. The lowest BCUT2D eigenvalue weighted by Gasteiger charge is -2.32. The average molecular weight is 352 g/mol. The van der Waals surface area contributed by atoms with Crippen molar-refractivity contribution in [3.05, 3.63) is 66.0 Å². The smallest absolute Gasteiger partial charge is 0.191 e. The van der Waals surface area contributed by atoms with Gasteiger partial charge < -0.3 is 15.4 Å². The van der Waals surface area contributed by atoms with Gasteiger partial charge in [0.1, 0.15) is 0 Å². The molecular formula is C21H28N4O. The minimum atomic E-state index is 0.149. The van der Waals surface area contributed by atoms with Gasteiger partial charge in [0.05, 0.1) is 18.3 Å². The van der Waals surface area contributed by atoms with Crippen LogP contribution in [0.4, 0.5) is 0 Å². The van der Waals surface area contributed by atoms with Crippen LogP contribution >= 0.6 is 0 Å². The van der Waals surface area contributed by atoms with Crippen LogP contribution in [0.3, 0.4) is 0 Å². The Labute approximate surface area is 155 Å². The summed E-state index contributed by atoms with van der Waals surface area (Å²) >= 11 is 0. The van der Waals surface area contributed by atoms with Crippen molar-refractivity contribution >= 4 is 5.96 Å². The molecule has 5 nitrogen and oxygen atoms in total. The Morgan fingerprint density at radius 2 is 2.00 bits per heavy atom. The van der Waals surface area contributed by atoms with E-state index in [0.717, 1.165) is 44.2 Å². The Morgan fingerprint density at radius 1 is 1.15 bits per heavy atom. The predicted octanol–water partition coefficient (Wildman–Crippen LogP) is 3.30. The minimum Gasteiger partial charge on any atom is -0.373 e. The maximum absolute atomic E-state index is 6.09. The van der Waals surface area contributed by atoms with E-state index in [-0.39, 0.29) is 6.10 Å². The third kappa shape index (κ3) is 5.30. The number of aliphatic imine (C=N–C) groups is 1. The van der Waals surface area contributed by atoms with Crippen LogP contribution < -0.4 is 10.6 Å². The van der Waals surface area contributed by atoms with Crippen molar-refractivity contribution in [2.24, 2.45) is 10.9 Å². The molecule has 1 aromatic heterocycles. The van der Waals surface area contributed by atoms with Crippen molar-refractivity contribution in [1.29, 1.82) is 0 Å². The molecule has 0 aliphatic carbocycles. The maximum Gasteiger partial charge on any atom is 0.191 e. The fraction of sp³-hybridized carbons (Fsp3) is 0.429. The second-order valence-corrected chi connectivity index (χ2v) is 6.50. The zero-order valence-corrected chi connectivity index (χ0v) is 15.4. The van der Waals surface area contributed by atoms with Gasteiger partial charge in [0.25, 0.3) is 0 Å². The van der Waals surface area contributed by atoms with Gasteiger partial charge in [-0.15, -0.1) is 0 Å². The molecule has 2 aromatic rings. The number of nitrogens with zero attached hydrogens (tertiary/aromatic N) is 2. The highest BCUT2D eigenvalue weighted by atomic mass is 16.5. The summed E-state index contributed by atoms with van der Waals surface area (Å²) in [4.78, 5) is 8.99. The quantitative estimate of drug-likeness (QED) is 0.619. The summed E-state index contributed by atoms with van der Waals surface area (Å²) < 4.78 is 6.09. The first-order valence-corrected chi connectivity index (χ1v) is 9.45. The molecule has 2 atom stereocenters. The van der Waals surface area contributed by atoms with Crippen LogP contribution in [0.2, 0.25) is 0 Å². The summed E-state index contributed by atoms with van der Waals surface area (Å²) in [6.07, 6.45) is 4.22. The van der Waals surface area contributed by atoms with Crippen molar-refractivity contribution in [3.63, 3.8) is 0 Å². The molecule has 2 N–H and O–H groups in total. The normalized spacial score (nSPS) is 20.6. The van der Waals surface area contributed by atoms with Crippen molar-refractivity contribution in [2.45, 2.75) is 32.4 Å². The third-order valence-electron chi connectivity index (χ3n) is 4.57. The monoisotopic (exact) mass is 352 g/mol. The number of hydrogen-bond acceptors (Lipinski definition) is 3. The lowest BCUT2D eigenvalue weighted by Crippen LogP contribution is -2.42. The van der Waals surface area contributed by atoms with E-state index < -0.39 is 0 Å². The number of ether oxygens (including phenoxy) is 1. The summed E-state index contributed by atoms with van der Waals surface area (Å²) in [5, 5.41) is 6.81. The van der Waals surface area contributed by atoms with Crippen LogP contribution in [0.1, 0.15) is 37.1 Å². The Bertz CT molecular complexity index is 675. The van der Waals surface area contributed by atoms with E-state index in [9.17, 15) is 0 Å². The second kappa shape index (κ2) is 9.92. The van der Waals surface area contributed by atoms with Gasteiger partial charge in [0, 0.05) is 31.8 Å². The number of pyridine rings is 1. The lowest BCUT2D eigenvalue weighted by molar-refractivity contribution is -0.0265. The fourth-order valence-electron chi connectivity index (χ4n) is 3.28. The maximum atomic E-state index is 6.09. The van der Waals surface area contributed by atoms with Crippen LogP contribution in [0.25, 0.3) is 0 Å². The summed E-state index contributed by atoms with van der Waals surface area (Å²) in [7, 11) is 0. The largest absolute Gasteiger partial charge is 0.373 e. The van der Waals surface area contributed by atoms with Crippen LogP contribution in [0, 0.1) is 5.92 Å². The first-order valence-electron chi connectivity index (χ1n) is 9.45. The van der Waals surface area contributed by atoms with E-state index in [1.165, 1.54) is 5.56 Å². The molecule has 138 valence electrons. The first-order chi connectivity index (χ1) is 12.9. The number of benzene rings is 1. The fourth-order valence-corrected chi connectivity index (χ4v) is 3.28. The highest BCUT2D eigenvalue weighted by molar-refractivity contribution is 5.79. The molecule has 0 bridgehead atoms. The molecule has 1 aliphatic rings. The van der Waals surface area contributed by atoms with E-state index in [2.05, 4.69) is 51.8 Å². The molecule has 26 heavy (non-hydrogen) atoms. The third-order valence-corrected chi connectivity index (χ3v) is 4.57. The van der Waals surface area contributed by atoms with Crippen molar-refractivity contribution < 1.29 is 4.74 Å². The number of rotatable bonds is 6. The number of nitrogens with one attached hydrogen (secondary N) is 2. The molecule has 0 radical (unpaired) electrons. The topological polar surface area (TPSA) is 58.5 Å². The second-order valence-electron chi connectivity index (χ2n) is 6.50. The number of hydrogen-bond donors (Lipinski definition) is 2. The van der Waals surface area contributed by atoms with Gasteiger partial charge in [-0.3, -0.25) is 4.98 Å². The van der Waals surface area contributed by atoms with Gasteiger partial charge in [0.15, 0.2) is 5.96 Å². The van der Waals surface area contributed by atoms with Crippen molar-refractivity contribution in [1.82, 2.24) is 15.6 Å². The molecule has 2 unspecified atom stereocenters. The van der Waals surface area contributed by atoms with Gasteiger partial charge in [-0.2, -0.15) is 0 Å². The highest BCUT2D eigenvalue weighted by Crippen LogP contribution is 2.32. The highest BCUT2D eigenvalue weighted by Gasteiger charge is 2.27. The van der Waals surface area contributed by atoms with Crippen LogP contribution in [-0.2, 0) is 11.3 Å². The molecule has 1 aromatic carbocycles. The Balaban J connectivity index is 1.61. The molecule has 0 amide bonds. The first kappa shape index (κ1) is 18.4. The zero-order valence-electron chi connectivity index (χ0n) is 15.4. The van der Waals surface area contributed by atoms with Gasteiger partial charge >= 0.3 is 0 Å². The standard InChI is InChI=1S/C21H28N4O/c1-2-22-21(25-16-19-12-6-7-13-23-19)24-15-18-11-8-14-26-20(18)17-9-4-3-5-10-17/h3-7,9-10,12-13,18,20H,2,8,11,14-16H2,1H3,(H2,22,24,25). The van der Waals surface area contributed by atoms with Crippen LogP contribution in [0.15, 0.2) is 59.7 Å². The van der Waals surface area contributed by atoms with E-state index in [1.807, 2.05) is 24.3 Å². The SMILES string of the molecule is CCNC(=NCc1ccccn1)NCC1CCCOC1c1ccccc1. The summed E-state index contributed by atoms with van der Waals surface area (Å²) in [6, 6.07) is 16.4. The van der Waals surface area contributed by atoms with E-state index in [4.69, 9.17) is 4.74 Å². The molecule has 3 rings (SSSR count). The Hall–Kier alpha value is -2.40. The summed E-state index contributed by atoms with van der Waals surface area (Å²) in [5.74, 6) is 1.26. The molecule has 1 aliphatic heterocycles. The molecular weight excluding hydrogens is 324 g/mol. The van der Waals surface area contributed by atoms with Crippen LogP contribution in [0.5, 0.6) is 0 Å². The molecule has 2 heterocycles. The van der Waals surface area contributed by atoms with E-state index >= 15 is 0 Å². The summed E-state index contributed by atoms with van der Waals surface area (Å²) in [5.41, 5.74) is 2.22. The molecule has 1 saturated heterocycles. The predicted molar refractivity (Wildman–Crippen MR) is 105 cm³/mol. The lowest BCUT2D eigenvalue weighted by atomic mass is 9.89. The van der Waals surface area contributed by atoms with Gasteiger partial charge in [-0.05, 0) is 37.5 Å². The molecule has 0 saturated carbocycles. The van der Waals surface area contributed by atoms with E-state index in [1.54, 1.807) is 6.20 Å². The molecule has 1 fully saturated rings. The van der Waals surface area contributed by atoms with Crippen LogP contribution in [-0.4, -0.2) is 30.6 Å². The van der Waals surface area contributed by atoms with Gasteiger partial charge in [0.2, 0.25) is 0 Å². The molecule has 5 heteroatoms. The van der Waals surface area contributed by atoms with Crippen molar-refractivity contribution in [2.75, 3.05) is 19.7 Å². The number of aromatic nitrogens is 1. The van der Waals surface area contributed by atoms with Gasteiger partial charge in [-0.25, -0.2) is 4.99 Å². The minimum absolute atomic E-state index is 0.149. The Morgan fingerprint density at radius 3 is 2.77 bits per heavy atom. The van der Waals surface area contributed by atoms with Gasteiger partial charge in [-0.1, -0.05) is 36.4 Å². The Kier molecular flexibility index (Phi) is 7.02. The zero-order chi connectivity index (χ0) is 18.0. The summed E-state index contributed by atoms with van der Waals surface area (Å²) in [6.45, 7) is 5.16. The average Bonchev–Trinajstić information content (AvgIpc) is 2.72. The van der Waals surface area contributed by atoms with E-state index in [0.29, 0.717) is 12.5 Å². The molecule has 0 spiro atoms.